The lowest BCUT2D eigenvalue weighted by atomic mass is 10.1. The van der Waals surface area contributed by atoms with Gasteiger partial charge in [-0.2, -0.15) is 0 Å². The van der Waals surface area contributed by atoms with E-state index in [9.17, 15) is 4.79 Å². The van der Waals surface area contributed by atoms with Gasteiger partial charge in [0.2, 0.25) is 0 Å². The molecule has 1 aliphatic rings. The van der Waals surface area contributed by atoms with Crippen LogP contribution >= 0.6 is 0 Å². The smallest absolute Gasteiger partial charge is 0.252 e. The van der Waals surface area contributed by atoms with Crippen molar-refractivity contribution in [3.63, 3.8) is 0 Å². The number of nitrogens with two attached hydrogens (primary N) is 1. The average molecular weight is 221 g/mol. The topological polar surface area (TPSA) is 61.6 Å². The fraction of sp³-hybridized carbons (Fsp3) is 0.417. The second-order valence-corrected chi connectivity index (χ2v) is 3.90. The molecule has 0 aromatic heterocycles. The zero-order valence-electron chi connectivity index (χ0n) is 9.02. The first-order valence-electron chi connectivity index (χ1n) is 5.37. The molecule has 1 unspecified atom stereocenters. The molecule has 0 radical (unpaired) electrons. The van der Waals surface area contributed by atoms with Gasteiger partial charge in [0, 0.05) is 12.5 Å². The Morgan fingerprint density at radius 1 is 1.50 bits per heavy atom. The van der Waals surface area contributed by atoms with Crippen LogP contribution in [0.5, 0.6) is 5.75 Å². The molecule has 0 bridgehead atoms. The summed E-state index contributed by atoms with van der Waals surface area (Å²) >= 11 is 0. The summed E-state index contributed by atoms with van der Waals surface area (Å²) in [7, 11) is 0. The van der Waals surface area contributed by atoms with E-state index in [2.05, 4.69) is 0 Å². The largest absolute Gasteiger partial charge is 0.492 e. The van der Waals surface area contributed by atoms with Crippen molar-refractivity contribution >= 4 is 5.91 Å². The SMILES string of the molecule is NC(=O)c1ccccc1OCC1CCOC1. The molecule has 1 saturated heterocycles. The number of rotatable bonds is 4. The maximum Gasteiger partial charge on any atom is 0.252 e. The van der Waals surface area contributed by atoms with E-state index in [4.69, 9.17) is 15.2 Å². The van der Waals surface area contributed by atoms with E-state index in [0.717, 1.165) is 19.6 Å². The van der Waals surface area contributed by atoms with Crippen LogP contribution in [0.3, 0.4) is 0 Å². The van der Waals surface area contributed by atoms with Crippen molar-refractivity contribution in [1.82, 2.24) is 0 Å². The Kier molecular flexibility index (Phi) is 3.41. The van der Waals surface area contributed by atoms with E-state index in [0.29, 0.717) is 23.8 Å². The third-order valence-electron chi connectivity index (χ3n) is 2.65. The first-order chi connectivity index (χ1) is 7.77. The second kappa shape index (κ2) is 4.99. The highest BCUT2D eigenvalue weighted by molar-refractivity contribution is 5.95. The van der Waals surface area contributed by atoms with Crippen LogP contribution in [-0.4, -0.2) is 25.7 Å². The Morgan fingerprint density at radius 2 is 2.31 bits per heavy atom. The molecular formula is C12H15NO3. The Hall–Kier alpha value is -1.55. The summed E-state index contributed by atoms with van der Waals surface area (Å²) in [5.41, 5.74) is 5.69. The Labute approximate surface area is 94.3 Å². The van der Waals surface area contributed by atoms with E-state index >= 15 is 0 Å². The maximum atomic E-state index is 11.1. The van der Waals surface area contributed by atoms with Gasteiger partial charge in [-0.25, -0.2) is 0 Å². The quantitative estimate of drug-likeness (QED) is 0.831. The molecule has 0 spiro atoms. The highest BCUT2D eigenvalue weighted by atomic mass is 16.5. The van der Waals surface area contributed by atoms with Gasteiger partial charge in [0.25, 0.3) is 5.91 Å². The molecule has 1 atom stereocenters. The van der Waals surface area contributed by atoms with Gasteiger partial charge in [-0.05, 0) is 18.6 Å². The average Bonchev–Trinajstić information content (AvgIpc) is 2.79. The number of benzene rings is 1. The van der Waals surface area contributed by atoms with Gasteiger partial charge in [-0.15, -0.1) is 0 Å². The monoisotopic (exact) mass is 221 g/mol. The molecule has 1 aromatic carbocycles. The molecular weight excluding hydrogens is 206 g/mol. The summed E-state index contributed by atoms with van der Waals surface area (Å²) in [4.78, 5) is 11.1. The number of para-hydroxylation sites is 1. The molecule has 1 heterocycles. The minimum atomic E-state index is -0.460. The van der Waals surface area contributed by atoms with Crippen LogP contribution in [-0.2, 0) is 4.74 Å². The predicted octanol–water partition coefficient (Wildman–Crippen LogP) is 1.20. The molecule has 86 valence electrons. The lowest BCUT2D eigenvalue weighted by Gasteiger charge is -2.12. The van der Waals surface area contributed by atoms with Crippen LogP contribution in [0.4, 0.5) is 0 Å². The molecule has 2 N–H and O–H groups in total. The van der Waals surface area contributed by atoms with E-state index in [1.54, 1.807) is 18.2 Å². The molecule has 0 saturated carbocycles. The number of ether oxygens (including phenoxy) is 2. The summed E-state index contributed by atoms with van der Waals surface area (Å²) in [5, 5.41) is 0. The van der Waals surface area contributed by atoms with Crippen molar-refractivity contribution in [2.24, 2.45) is 11.7 Å². The Bertz CT molecular complexity index is 372. The number of amides is 1. The van der Waals surface area contributed by atoms with Gasteiger partial charge >= 0.3 is 0 Å². The third-order valence-corrected chi connectivity index (χ3v) is 2.65. The van der Waals surface area contributed by atoms with Crippen LogP contribution in [0.15, 0.2) is 24.3 Å². The van der Waals surface area contributed by atoms with Gasteiger partial charge < -0.3 is 15.2 Å². The molecule has 4 nitrogen and oxygen atoms in total. The summed E-state index contributed by atoms with van der Waals surface area (Å²) in [6.07, 6.45) is 1.01. The standard InChI is InChI=1S/C12H15NO3/c13-12(14)10-3-1-2-4-11(10)16-8-9-5-6-15-7-9/h1-4,9H,5-8H2,(H2,13,14). The van der Waals surface area contributed by atoms with Crippen molar-refractivity contribution in [3.8, 4) is 5.75 Å². The number of hydrogen-bond acceptors (Lipinski definition) is 3. The van der Waals surface area contributed by atoms with Crippen LogP contribution in [0.2, 0.25) is 0 Å². The molecule has 16 heavy (non-hydrogen) atoms. The third kappa shape index (κ3) is 2.52. The summed E-state index contributed by atoms with van der Waals surface area (Å²) in [5.74, 6) is 0.515. The summed E-state index contributed by atoms with van der Waals surface area (Å²) in [6, 6.07) is 7.03. The molecule has 1 amide bonds. The van der Waals surface area contributed by atoms with Crippen molar-refractivity contribution in [1.29, 1.82) is 0 Å². The van der Waals surface area contributed by atoms with Crippen LogP contribution in [0.25, 0.3) is 0 Å². The van der Waals surface area contributed by atoms with Crippen molar-refractivity contribution in [2.45, 2.75) is 6.42 Å². The van der Waals surface area contributed by atoms with Crippen LogP contribution in [0.1, 0.15) is 16.8 Å². The maximum absolute atomic E-state index is 11.1. The van der Waals surface area contributed by atoms with Gasteiger partial charge in [0.1, 0.15) is 5.75 Å². The predicted molar refractivity (Wildman–Crippen MR) is 59.4 cm³/mol. The highest BCUT2D eigenvalue weighted by Crippen LogP contribution is 2.20. The van der Waals surface area contributed by atoms with E-state index in [-0.39, 0.29) is 0 Å². The zero-order chi connectivity index (χ0) is 11.4. The summed E-state index contributed by atoms with van der Waals surface area (Å²) < 4.78 is 10.9. The van der Waals surface area contributed by atoms with Gasteiger partial charge in [-0.3, -0.25) is 4.79 Å². The fourth-order valence-corrected chi connectivity index (χ4v) is 1.72. The lowest BCUT2D eigenvalue weighted by Crippen LogP contribution is -2.16. The molecule has 4 heteroatoms. The number of hydrogen-bond donors (Lipinski definition) is 1. The number of carbonyl (C=O) groups is 1. The fourth-order valence-electron chi connectivity index (χ4n) is 1.72. The minimum Gasteiger partial charge on any atom is -0.492 e. The first kappa shape index (κ1) is 11.0. The van der Waals surface area contributed by atoms with E-state index < -0.39 is 5.91 Å². The highest BCUT2D eigenvalue weighted by Gasteiger charge is 2.17. The van der Waals surface area contributed by atoms with E-state index in [1.807, 2.05) is 6.07 Å². The Morgan fingerprint density at radius 3 is 3.00 bits per heavy atom. The minimum absolute atomic E-state index is 0.418. The van der Waals surface area contributed by atoms with Crippen LogP contribution < -0.4 is 10.5 Å². The molecule has 1 aliphatic heterocycles. The van der Waals surface area contributed by atoms with Crippen molar-refractivity contribution < 1.29 is 14.3 Å². The molecule has 2 rings (SSSR count). The summed E-state index contributed by atoms with van der Waals surface area (Å²) in [6.45, 7) is 2.11. The molecule has 0 aliphatic carbocycles. The first-order valence-corrected chi connectivity index (χ1v) is 5.37. The lowest BCUT2D eigenvalue weighted by molar-refractivity contribution is 0.0995. The van der Waals surface area contributed by atoms with Gasteiger partial charge in [0.15, 0.2) is 0 Å². The molecule has 1 fully saturated rings. The number of primary amides is 1. The van der Waals surface area contributed by atoms with Crippen LogP contribution in [0, 0.1) is 5.92 Å². The Balaban J connectivity index is 2.00. The van der Waals surface area contributed by atoms with Gasteiger partial charge in [-0.1, -0.05) is 12.1 Å². The van der Waals surface area contributed by atoms with E-state index in [1.165, 1.54) is 0 Å². The van der Waals surface area contributed by atoms with Crippen molar-refractivity contribution in [3.05, 3.63) is 29.8 Å². The second-order valence-electron chi connectivity index (χ2n) is 3.90. The van der Waals surface area contributed by atoms with Crippen molar-refractivity contribution in [2.75, 3.05) is 19.8 Å². The normalized spacial score (nSPS) is 19.6. The van der Waals surface area contributed by atoms with Gasteiger partial charge in [0.05, 0.1) is 18.8 Å². The zero-order valence-corrected chi connectivity index (χ0v) is 9.02. The number of carbonyl (C=O) groups excluding carboxylic acids is 1. The molecule has 1 aromatic rings.